The number of hydrogen-bond donors (Lipinski definition) is 1. The fourth-order valence-electron chi connectivity index (χ4n) is 2.99. The maximum Gasteiger partial charge on any atom is 0.308 e. The van der Waals surface area contributed by atoms with Crippen molar-refractivity contribution in [1.82, 2.24) is 9.88 Å². The Morgan fingerprint density at radius 2 is 2.04 bits per heavy atom. The number of amides is 1. The quantitative estimate of drug-likeness (QED) is 0.902. The van der Waals surface area contributed by atoms with Crippen LogP contribution in [-0.4, -0.2) is 53.2 Å². The fourth-order valence-corrected chi connectivity index (χ4v) is 3.78. The van der Waals surface area contributed by atoms with Gasteiger partial charge in [-0.25, -0.2) is 4.98 Å². The van der Waals surface area contributed by atoms with Gasteiger partial charge in [-0.3, -0.25) is 9.59 Å². The lowest BCUT2D eigenvalue weighted by atomic mass is 10.1. The molecule has 2 aliphatic rings. The van der Waals surface area contributed by atoms with E-state index in [1.54, 1.807) is 10.3 Å². The predicted octanol–water partition coefficient (Wildman–Crippen LogP) is 2.13. The van der Waals surface area contributed by atoms with Crippen LogP contribution < -0.4 is 9.47 Å². The van der Waals surface area contributed by atoms with Crippen molar-refractivity contribution in [2.45, 2.75) is 6.42 Å². The third kappa shape index (κ3) is 3.05. The van der Waals surface area contributed by atoms with Crippen molar-refractivity contribution in [1.29, 1.82) is 0 Å². The summed E-state index contributed by atoms with van der Waals surface area (Å²) in [6.45, 7) is 1.74. The Hall–Kier alpha value is -2.61. The normalized spacial score (nSPS) is 19.0. The van der Waals surface area contributed by atoms with Crippen molar-refractivity contribution in [3.63, 3.8) is 0 Å². The van der Waals surface area contributed by atoms with Crippen molar-refractivity contribution in [3.05, 3.63) is 29.3 Å². The molecule has 0 bridgehead atoms. The van der Waals surface area contributed by atoms with Gasteiger partial charge in [-0.1, -0.05) is 0 Å². The molecule has 1 fully saturated rings. The monoisotopic (exact) mass is 360 g/mol. The predicted molar refractivity (Wildman–Crippen MR) is 90.2 cm³/mol. The molecule has 25 heavy (non-hydrogen) atoms. The number of nitrogens with zero attached hydrogens (tertiary/aromatic N) is 2. The van der Waals surface area contributed by atoms with E-state index in [0.29, 0.717) is 48.4 Å². The summed E-state index contributed by atoms with van der Waals surface area (Å²) < 4.78 is 11.1. The Kier molecular flexibility index (Phi) is 4.04. The topological polar surface area (TPSA) is 89.0 Å². The minimum atomic E-state index is -0.856. The Bertz CT molecular complexity index is 834. The number of fused-ring (bicyclic) bond motifs is 1. The van der Waals surface area contributed by atoms with E-state index in [9.17, 15) is 9.59 Å². The van der Waals surface area contributed by atoms with Gasteiger partial charge in [0.05, 0.1) is 5.92 Å². The van der Waals surface area contributed by atoms with Crippen molar-refractivity contribution in [2.24, 2.45) is 5.92 Å². The number of carboxylic acids is 1. The van der Waals surface area contributed by atoms with E-state index in [1.165, 1.54) is 11.3 Å². The average Bonchev–Trinajstić information content (AvgIpc) is 3.30. The van der Waals surface area contributed by atoms with Gasteiger partial charge in [0.2, 0.25) is 0 Å². The van der Waals surface area contributed by atoms with E-state index in [2.05, 4.69) is 4.98 Å². The van der Waals surface area contributed by atoms with Gasteiger partial charge in [-0.15, -0.1) is 11.3 Å². The highest BCUT2D eigenvalue weighted by Crippen LogP contribution is 2.35. The Morgan fingerprint density at radius 3 is 2.80 bits per heavy atom. The highest BCUT2D eigenvalue weighted by molar-refractivity contribution is 7.13. The average molecular weight is 360 g/mol. The number of thiazole rings is 1. The largest absolute Gasteiger partial charge is 0.486 e. The van der Waals surface area contributed by atoms with Crippen LogP contribution in [0.3, 0.4) is 0 Å². The summed E-state index contributed by atoms with van der Waals surface area (Å²) in [4.78, 5) is 29.5. The van der Waals surface area contributed by atoms with Gasteiger partial charge in [-0.2, -0.15) is 0 Å². The Morgan fingerprint density at radius 1 is 1.24 bits per heavy atom. The first-order chi connectivity index (χ1) is 12.1. The first-order valence-corrected chi connectivity index (χ1v) is 8.87. The van der Waals surface area contributed by atoms with Crippen molar-refractivity contribution in [2.75, 3.05) is 26.3 Å². The second-order valence-corrected chi connectivity index (χ2v) is 6.83. The van der Waals surface area contributed by atoms with Gasteiger partial charge < -0.3 is 19.5 Å². The second kappa shape index (κ2) is 6.36. The number of benzene rings is 1. The Labute approximate surface area is 147 Å². The van der Waals surface area contributed by atoms with Crippen LogP contribution in [0.4, 0.5) is 0 Å². The number of carboxylic acid groups (broad SMARTS) is 1. The highest BCUT2D eigenvalue weighted by Gasteiger charge is 2.32. The number of ether oxygens (including phenoxy) is 2. The molecular formula is C17H16N2O5S. The molecule has 1 aromatic carbocycles. The van der Waals surface area contributed by atoms with Crippen molar-refractivity contribution in [3.8, 4) is 22.1 Å². The summed E-state index contributed by atoms with van der Waals surface area (Å²) in [6, 6.07) is 5.58. The SMILES string of the molecule is O=C(O)C1CCN(C(=O)c2csc(-c3ccc4c(c3)OCCO4)n2)C1. The molecule has 1 unspecified atom stereocenters. The van der Waals surface area contributed by atoms with Crippen molar-refractivity contribution < 1.29 is 24.2 Å². The third-order valence-corrected chi connectivity index (χ3v) is 5.23. The molecule has 2 aliphatic heterocycles. The molecular weight excluding hydrogens is 344 g/mol. The summed E-state index contributed by atoms with van der Waals surface area (Å²) in [7, 11) is 0. The van der Waals surface area contributed by atoms with E-state index in [0.717, 1.165) is 5.56 Å². The maximum atomic E-state index is 12.5. The maximum absolute atomic E-state index is 12.5. The lowest BCUT2D eigenvalue weighted by Gasteiger charge is -2.18. The second-order valence-electron chi connectivity index (χ2n) is 5.97. The first-order valence-electron chi connectivity index (χ1n) is 7.99. The fraction of sp³-hybridized carbons (Fsp3) is 0.353. The molecule has 3 heterocycles. The summed E-state index contributed by atoms with van der Waals surface area (Å²) in [5.74, 6) is -0.176. The third-order valence-electron chi connectivity index (χ3n) is 4.34. The van der Waals surface area contributed by atoms with Gasteiger partial charge in [-0.05, 0) is 24.6 Å². The number of aromatic nitrogens is 1. The van der Waals surface area contributed by atoms with Gasteiger partial charge in [0.15, 0.2) is 11.5 Å². The Balaban J connectivity index is 1.52. The molecule has 1 amide bonds. The van der Waals surface area contributed by atoms with E-state index < -0.39 is 11.9 Å². The summed E-state index contributed by atoms with van der Waals surface area (Å²) in [6.07, 6.45) is 0.486. The molecule has 7 nitrogen and oxygen atoms in total. The van der Waals surface area contributed by atoms with Gasteiger partial charge in [0, 0.05) is 24.0 Å². The molecule has 8 heteroatoms. The molecule has 1 N–H and O–H groups in total. The summed E-state index contributed by atoms with van der Waals surface area (Å²) in [5.41, 5.74) is 1.21. The highest BCUT2D eigenvalue weighted by atomic mass is 32.1. The molecule has 0 radical (unpaired) electrons. The van der Waals surface area contributed by atoms with Gasteiger partial charge >= 0.3 is 5.97 Å². The minimum absolute atomic E-state index is 0.219. The van der Waals surface area contributed by atoms with E-state index in [4.69, 9.17) is 14.6 Å². The number of aliphatic carboxylic acids is 1. The van der Waals surface area contributed by atoms with E-state index in [1.807, 2.05) is 18.2 Å². The van der Waals surface area contributed by atoms with Crippen LogP contribution >= 0.6 is 11.3 Å². The molecule has 4 rings (SSSR count). The van der Waals surface area contributed by atoms with Crippen LogP contribution in [0.1, 0.15) is 16.9 Å². The van der Waals surface area contributed by atoms with Crippen LogP contribution in [0.25, 0.3) is 10.6 Å². The van der Waals surface area contributed by atoms with Crippen LogP contribution in [0.2, 0.25) is 0 Å². The van der Waals surface area contributed by atoms with E-state index in [-0.39, 0.29) is 12.5 Å². The van der Waals surface area contributed by atoms with Crippen LogP contribution in [-0.2, 0) is 4.79 Å². The summed E-state index contributed by atoms with van der Waals surface area (Å²) in [5, 5.41) is 11.5. The number of carbonyl (C=O) groups is 2. The van der Waals surface area contributed by atoms with Crippen LogP contribution in [0, 0.1) is 5.92 Å². The van der Waals surface area contributed by atoms with Crippen LogP contribution in [0.15, 0.2) is 23.6 Å². The zero-order valence-electron chi connectivity index (χ0n) is 13.3. The molecule has 1 aromatic heterocycles. The smallest absolute Gasteiger partial charge is 0.308 e. The number of carbonyl (C=O) groups excluding carboxylic acids is 1. The number of hydrogen-bond acceptors (Lipinski definition) is 6. The molecule has 130 valence electrons. The molecule has 1 atom stereocenters. The number of rotatable bonds is 3. The summed E-state index contributed by atoms with van der Waals surface area (Å²) >= 11 is 1.38. The lowest BCUT2D eigenvalue weighted by Crippen LogP contribution is -2.30. The molecule has 0 aliphatic carbocycles. The number of likely N-dealkylation sites (tertiary alicyclic amines) is 1. The minimum Gasteiger partial charge on any atom is -0.486 e. The first kappa shape index (κ1) is 15.9. The van der Waals surface area contributed by atoms with Crippen LogP contribution in [0.5, 0.6) is 11.5 Å². The standard InChI is InChI=1S/C17H16N2O5S/c20-16(19-4-3-11(8-19)17(21)22)12-9-25-15(18-12)10-1-2-13-14(7-10)24-6-5-23-13/h1-2,7,9,11H,3-6,8H2,(H,21,22). The van der Waals surface area contributed by atoms with Crippen molar-refractivity contribution >= 4 is 23.2 Å². The van der Waals surface area contributed by atoms with E-state index >= 15 is 0 Å². The van der Waals surface area contributed by atoms with Gasteiger partial charge in [0.25, 0.3) is 5.91 Å². The zero-order valence-corrected chi connectivity index (χ0v) is 14.1. The molecule has 1 saturated heterocycles. The van der Waals surface area contributed by atoms with Gasteiger partial charge in [0.1, 0.15) is 23.9 Å². The lowest BCUT2D eigenvalue weighted by molar-refractivity contribution is -0.141. The molecule has 0 spiro atoms. The molecule has 2 aromatic rings. The molecule has 0 saturated carbocycles. The zero-order chi connectivity index (χ0) is 17.4.